The maximum atomic E-state index is 12.5. The molecule has 0 heterocycles. The summed E-state index contributed by atoms with van der Waals surface area (Å²) in [5, 5.41) is 2.89. The molecule has 0 unspecified atom stereocenters. The van der Waals surface area contributed by atoms with Gasteiger partial charge in [0.05, 0.1) is 5.92 Å². The average Bonchev–Trinajstić information content (AvgIpc) is 2.54. The van der Waals surface area contributed by atoms with Gasteiger partial charge in [0.25, 0.3) is 0 Å². The maximum Gasteiger partial charge on any atom is 0.231 e. The van der Waals surface area contributed by atoms with Gasteiger partial charge in [-0.3, -0.25) is 9.59 Å². The Morgan fingerprint density at radius 2 is 1.67 bits per heavy atom. The van der Waals surface area contributed by atoms with Gasteiger partial charge in [-0.2, -0.15) is 0 Å². The van der Waals surface area contributed by atoms with Gasteiger partial charge < -0.3 is 5.32 Å². The number of Topliss-reactive ketones (excluding diaryl/α,β-unsaturated/α-hetero) is 1. The van der Waals surface area contributed by atoms with Crippen molar-refractivity contribution < 1.29 is 9.59 Å². The van der Waals surface area contributed by atoms with Crippen molar-refractivity contribution in [2.75, 3.05) is 5.32 Å². The summed E-state index contributed by atoms with van der Waals surface area (Å²) in [4.78, 5) is 23.9. The van der Waals surface area contributed by atoms with Crippen molar-refractivity contribution in [3.05, 3.63) is 65.2 Å². The summed E-state index contributed by atoms with van der Waals surface area (Å²) in [6, 6.07) is 15.3. The fraction of sp³-hybridized carbons (Fsp3) is 0.333. The van der Waals surface area contributed by atoms with Crippen LogP contribution in [0.2, 0.25) is 0 Å². The van der Waals surface area contributed by atoms with Gasteiger partial charge in [-0.25, -0.2) is 0 Å². The molecular weight excluding hydrogens is 298 g/mol. The molecule has 2 aromatic carbocycles. The lowest BCUT2D eigenvalue weighted by atomic mass is 9.96. The van der Waals surface area contributed by atoms with Crippen LogP contribution in [0.4, 0.5) is 5.69 Å². The van der Waals surface area contributed by atoms with E-state index in [-0.39, 0.29) is 17.6 Å². The first-order chi connectivity index (χ1) is 11.4. The molecule has 0 aliphatic rings. The number of anilines is 1. The van der Waals surface area contributed by atoms with Crippen LogP contribution in [-0.4, -0.2) is 11.7 Å². The average molecular weight is 323 g/mol. The number of rotatable bonds is 6. The van der Waals surface area contributed by atoms with Gasteiger partial charge in [0.15, 0.2) is 5.78 Å². The second-order valence-corrected chi connectivity index (χ2v) is 6.69. The third-order valence-corrected chi connectivity index (χ3v) is 4.05. The van der Waals surface area contributed by atoms with E-state index in [1.165, 1.54) is 12.5 Å². The number of benzene rings is 2. The SMILES string of the molecule is CC(=O)c1cccc(NC(=O)[C@@H](C)c2ccc(CC(C)C)cc2)c1. The van der Waals surface area contributed by atoms with Gasteiger partial charge in [0, 0.05) is 11.3 Å². The molecule has 0 fully saturated rings. The van der Waals surface area contributed by atoms with Gasteiger partial charge in [-0.05, 0) is 49.4 Å². The third-order valence-electron chi connectivity index (χ3n) is 4.05. The molecule has 0 bridgehead atoms. The molecule has 0 aliphatic heterocycles. The summed E-state index contributed by atoms with van der Waals surface area (Å²) in [7, 11) is 0. The third kappa shape index (κ3) is 4.79. The Kier molecular flexibility index (Phi) is 5.91. The summed E-state index contributed by atoms with van der Waals surface area (Å²) in [6.07, 6.45) is 1.04. The summed E-state index contributed by atoms with van der Waals surface area (Å²) in [5.74, 6) is 0.274. The molecule has 2 aromatic rings. The van der Waals surface area contributed by atoms with Gasteiger partial charge in [0.1, 0.15) is 0 Å². The van der Waals surface area contributed by atoms with E-state index in [4.69, 9.17) is 0 Å². The zero-order valence-corrected chi connectivity index (χ0v) is 14.8. The number of ketones is 1. The molecule has 0 aliphatic carbocycles. The Hall–Kier alpha value is -2.42. The minimum atomic E-state index is -0.251. The standard InChI is InChI=1S/C21H25NO2/c1-14(2)12-17-8-10-18(11-9-17)15(3)21(24)22-20-7-5-6-19(13-20)16(4)23/h5-11,13-15H,12H2,1-4H3,(H,22,24)/t15-/m0/s1. The van der Waals surface area contributed by atoms with Crippen molar-refractivity contribution in [2.45, 2.75) is 40.0 Å². The summed E-state index contributed by atoms with van der Waals surface area (Å²) in [6.45, 7) is 7.79. The first-order valence-corrected chi connectivity index (χ1v) is 8.37. The zero-order chi connectivity index (χ0) is 17.7. The van der Waals surface area contributed by atoms with Crippen molar-refractivity contribution in [1.29, 1.82) is 0 Å². The van der Waals surface area contributed by atoms with Crippen molar-refractivity contribution in [2.24, 2.45) is 5.92 Å². The van der Waals surface area contributed by atoms with E-state index in [2.05, 4.69) is 31.3 Å². The number of carbonyl (C=O) groups is 2. The molecule has 0 spiro atoms. The molecule has 3 heteroatoms. The summed E-state index contributed by atoms with van der Waals surface area (Å²) >= 11 is 0. The molecule has 3 nitrogen and oxygen atoms in total. The number of carbonyl (C=O) groups excluding carboxylic acids is 2. The van der Waals surface area contributed by atoms with Gasteiger partial charge in [-0.1, -0.05) is 50.2 Å². The topological polar surface area (TPSA) is 46.2 Å². The molecule has 0 saturated carbocycles. The molecule has 24 heavy (non-hydrogen) atoms. The molecule has 126 valence electrons. The Morgan fingerprint density at radius 1 is 1.00 bits per heavy atom. The number of nitrogens with one attached hydrogen (secondary N) is 1. The quantitative estimate of drug-likeness (QED) is 0.774. The van der Waals surface area contributed by atoms with E-state index in [9.17, 15) is 9.59 Å². The van der Waals surface area contributed by atoms with Crippen LogP contribution in [0.15, 0.2) is 48.5 Å². The highest BCUT2D eigenvalue weighted by molar-refractivity contribution is 5.98. The van der Waals surface area contributed by atoms with Crippen LogP contribution in [-0.2, 0) is 11.2 Å². The second kappa shape index (κ2) is 7.91. The first kappa shape index (κ1) is 17.9. The largest absolute Gasteiger partial charge is 0.326 e. The first-order valence-electron chi connectivity index (χ1n) is 8.37. The molecule has 1 amide bonds. The van der Waals surface area contributed by atoms with Crippen LogP contribution in [0.25, 0.3) is 0 Å². The Balaban J connectivity index is 2.06. The van der Waals surface area contributed by atoms with E-state index in [0.717, 1.165) is 12.0 Å². The highest BCUT2D eigenvalue weighted by Gasteiger charge is 2.15. The van der Waals surface area contributed by atoms with Crippen molar-refractivity contribution in [1.82, 2.24) is 0 Å². The number of hydrogen-bond acceptors (Lipinski definition) is 2. The minimum Gasteiger partial charge on any atom is -0.326 e. The minimum absolute atomic E-state index is 0.0140. The Labute approximate surface area is 144 Å². The van der Waals surface area contributed by atoms with Crippen LogP contribution in [0.5, 0.6) is 0 Å². The van der Waals surface area contributed by atoms with Crippen molar-refractivity contribution in [3.63, 3.8) is 0 Å². The normalized spacial score (nSPS) is 12.0. The lowest BCUT2D eigenvalue weighted by Crippen LogP contribution is -2.19. The van der Waals surface area contributed by atoms with Gasteiger partial charge in [0.2, 0.25) is 5.91 Å². The Bertz CT molecular complexity index is 717. The Morgan fingerprint density at radius 3 is 2.25 bits per heavy atom. The van der Waals surface area contributed by atoms with Gasteiger partial charge >= 0.3 is 0 Å². The predicted molar refractivity (Wildman–Crippen MR) is 98.5 cm³/mol. The van der Waals surface area contributed by atoms with E-state index in [1.807, 2.05) is 19.1 Å². The molecular formula is C21H25NO2. The highest BCUT2D eigenvalue weighted by atomic mass is 16.2. The van der Waals surface area contributed by atoms with Crippen LogP contribution >= 0.6 is 0 Å². The molecule has 0 aromatic heterocycles. The fourth-order valence-corrected chi connectivity index (χ4v) is 2.63. The van der Waals surface area contributed by atoms with E-state index >= 15 is 0 Å². The van der Waals surface area contributed by atoms with Crippen molar-refractivity contribution >= 4 is 17.4 Å². The van der Waals surface area contributed by atoms with E-state index in [1.54, 1.807) is 24.3 Å². The molecule has 1 atom stereocenters. The monoisotopic (exact) mass is 323 g/mol. The molecule has 2 rings (SSSR count). The fourth-order valence-electron chi connectivity index (χ4n) is 2.63. The molecule has 0 radical (unpaired) electrons. The second-order valence-electron chi connectivity index (χ2n) is 6.69. The highest BCUT2D eigenvalue weighted by Crippen LogP contribution is 2.20. The van der Waals surface area contributed by atoms with E-state index in [0.29, 0.717) is 17.2 Å². The lowest BCUT2D eigenvalue weighted by Gasteiger charge is -2.14. The molecule has 1 N–H and O–H groups in total. The predicted octanol–water partition coefficient (Wildman–Crippen LogP) is 4.83. The van der Waals surface area contributed by atoms with Crippen LogP contribution in [0, 0.1) is 5.92 Å². The van der Waals surface area contributed by atoms with Crippen LogP contribution in [0.3, 0.4) is 0 Å². The maximum absolute atomic E-state index is 12.5. The smallest absolute Gasteiger partial charge is 0.231 e. The zero-order valence-electron chi connectivity index (χ0n) is 14.8. The van der Waals surface area contributed by atoms with Crippen LogP contribution in [0.1, 0.15) is 55.1 Å². The lowest BCUT2D eigenvalue weighted by molar-refractivity contribution is -0.117. The molecule has 0 saturated heterocycles. The van der Waals surface area contributed by atoms with Gasteiger partial charge in [-0.15, -0.1) is 0 Å². The number of hydrogen-bond donors (Lipinski definition) is 1. The van der Waals surface area contributed by atoms with Crippen LogP contribution < -0.4 is 5.32 Å². The number of amides is 1. The summed E-state index contributed by atoms with van der Waals surface area (Å²) < 4.78 is 0. The van der Waals surface area contributed by atoms with Crippen molar-refractivity contribution in [3.8, 4) is 0 Å². The van der Waals surface area contributed by atoms with E-state index < -0.39 is 0 Å². The summed E-state index contributed by atoms with van der Waals surface area (Å²) in [5.41, 5.74) is 3.52.